The Hall–Kier alpha value is -2.05. The zero-order valence-electron chi connectivity index (χ0n) is 14.0. The summed E-state index contributed by atoms with van der Waals surface area (Å²) in [5.74, 6) is -0.335. The van der Waals surface area contributed by atoms with Gasteiger partial charge in [0.25, 0.3) is 10.0 Å². The van der Waals surface area contributed by atoms with E-state index in [2.05, 4.69) is 5.32 Å². The van der Waals surface area contributed by atoms with E-state index in [4.69, 9.17) is 11.6 Å². The first kappa shape index (κ1) is 17.8. The molecule has 0 bridgehead atoms. The van der Waals surface area contributed by atoms with Gasteiger partial charge in [-0.1, -0.05) is 36.7 Å². The molecule has 0 aromatic heterocycles. The maximum absolute atomic E-state index is 13.1. The minimum Gasteiger partial charge on any atom is -0.352 e. The minimum absolute atomic E-state index is 0.0167. The van der Waals surface area contributed by atoms with Crippen molar-refractivity contribution in [2.75, 3.05) is 10.8 Å². The molecule has 0 unspecified atom stereocenters. The standard InChI is InChI=1S/C18H19ClN2O3S/c1-3-12(2)20-18(22)11-21-16-9-8-13(19)10-15(16)14-6-4-5-7-17(14)25(21,23)24/h4-10,12H,3,11H2,1-2H3,(H,20,22)/t12-/m0/s1. The first-order valence-corrected chi connectivity index (χ1v) is 9.87. The molecular formula is C18H19ClN2O3S. The summed E-state index contributed by atoms with van der Waals surface area (Å²) in [6, 6.07) is 11.7. The number of nitrogens with one attached hydrogen (secondary N) is 1. The molecule has 1 amide bonds. The molecule has 132 valence electrons. The highest BCUT2D eigenvalue weighted by Gasteiger charge is 2.35. The third-order valence-corrected chi connectivity index (χ3v) is 6.33. The lowest BCUT2D eigenvalue weighted by atomic mass is 10.0. The van der Waals surface area contributed by atoms with Crippen molar-refractivity contribution < 1.29 is 13.2 Å². The van der Waals surface area contributed by atoms with Crippen LogP contribution in [0.2, 0.25) is 5.02 Å². The van der Waals surface area contributed by atoms with Crippen LogP contribution in [0.15, 0.2) is 47.4 Å². The molecule has 0 spiro atoms. The van der Waals surface area contributed by atoms with E-state index in [-0.39, 0.29) is 23.4 Å². The average molecular weight is 379 g/mol. The van der Waals surface area contributed by atoms with Crippen LogP contribution in [0.4, 0.5) is 5.69 Å². The molecule has 1 heterocycles. The van der Waals surface area contributed by atoms with Crippen molar-refractivity contribution in [1.82, 2.24) is 5.32 Å². The second-order valence-corrected chi connectivity index (χ2v) is 8.31. The number of amides is 1. The van der Waals surface area contributed by atoms with Gasteiger partial charge in [0.05, 0.1) is 10.6 Å². The molecule has 1 aliphatic heterocycles. The van der Waals surface area contributed by atoms with Crippen molar-refractivity contribution in [1.29, 1.82) is 0 Å². The average Bonchev–Trinajstić information content (AvgIpc) is 2.59. The van der Waals surface area contributed by atoms with E-state index >= 15 is 0 Å². The number of nitrogens with zero attached hydrogens (tertiary/aromatic N) is 1. The smallest absolute Gasteiger partial charge is 0.265 e. The van der Waals surface area contributed by atoms with Gasteiger partial charge >= 0.3 is 0 Å². The largest absolute Gasteiger partial charge is 0.352 e. The van der Waals surface area contributed by atoms with Gasteiger partial charge in [0, 0.05) is 22.2 Å². The lowest BCUT2D eigenvalue weighted by molar-refractivity contribution is -0.120. The molecule has 0 aliphatic carbocycles. The van der Waals surface area contributed by atoms with Gasteiger partial charge in [-0.15, -0.1) is 0 Å². The Morgan fingerprint density at radius 3 is 2.64 bits per heavy atom. The van der Waals surface area contributed by atoms with E-state index in [1.165, 1.54) is 0 Å². The Morgan fingerprint density at radius 2 is 1.92 bits per heavy atom. The Kier molecular flexibility index (Phi) is 4.75. The molecule has 1 aliphatic rings. The first-order valence-electron chi connectivity index (χ1n) is 8.05. The molecule has 5 nitrogen and oxygen atoms in total. The van der Waals surface area contributed by atoms with Gasteiger partial charge in [-0.2, -0.15) is 0 Å². The van der Waals surface area contributed by atoms with Crippen molar-refractivity contribution in [3.05, 3.63) is 47.5 Å². The summed E-state index contributed by atoms with van der Waals surface area (Å²) in [4.78, 5) is 12.5. The summed E-state index contributed by atoms with van der Waals surface area (Å²) in [6.07, 6.45) is 0.771. The van der Waals surface area contributed by atoms with E-state index in [1.807, 2.05) is 13.8 Å². The molecule has 1 atom stereocenters. The molecule has 0 radical (unpaired) electrons. The van der Waals surface area contributed by atoms with E-state index in [1.54, 1.807) is 42.5 Å². The van der Waals surface area contributed by atoms with Crippen LogP contribution in [0, 0.1) is 0 Å². The molecule has 2 aromatic carbocycles. The Morgan fingerprint density at radius 1 is 1.20 bits per heavy atom. The fraction of sp³-hybridized carbons (Fsp3) is 0.278. The van der Waals surface area contributed by atoms with Gasteiger partial charge in [-0.05, 0) is 37.6 Å². The maximum atomic E-state index is 13.1. The summed E-state index contributed by atoms with van der Waals surface area (Å²) < 4.78 is 27.3. The van der Waals surface area contributed by atoms with Crippen LogP contribution in [0.25, 0.3) is 11.1 Å². The predicted molar refractivity (Wildman–Crippen MR) is 99.3 cm³/mol. The molecule has 7 heteroatoms. The van der Waals surface area contributed by atoms with Crippen molar-refractivity contribution >= 4 is 33.2 Å². The highest BCUT2D eigenvalue weighted by molar-refractivity contribution is 7.93. The van der Waals surface area contributed by atoms with Crippen LogP contribution in [0.1, 0.15) is 20.3 Å². The van der Waals surface area contributed by atoms with Crippen molar-refractivity contribution in [2.45, 2.75) is 31.2 Å². The molecule has 0 fully saturated rings. The number of carbonyl (C=O) groups is 1. The van der Waals surface area contributed by atoms with Crippen molar-refractivity contribution in [3.8, 4) is 11.1 Å². The number of rotatable bonds is 4. The number of sulfonamides is 1. The molecule has 3 rings (SSSR count). The molecule has 1 N–H and O–H groups in total. The summed E-state index contributed by atoms with van der Waals surface area (Å²) >= 11 is 6.11. The molecule has 0 saturated heterocycles. The Balaban J connectivity index is 2.09. The second kappa shape index (κ2) is 6.69. The lowest BCUT2D eigenvalue weighted by Crippen LogP contribution is -2.44. The quantitative estimate of drug-likeness (QED) is 0.886. The second-order valence-electron chi connectivity index (χ2n) is 6.05. The summed E-state index contributed by atoms with van der Waals surface area (Å²) in [5, 5.41) is 3.32. The molecular weight excluding hydrogens is 360 g/mol. The highest BCUT2D eigenvalue weighted by Crippen LogP contribution is 2.43. The zero-order valence-corrected chi connectivity index (χ0v) is 15.6. The normalized spacial score (nSPS) is 15.9. The van der Waals surface area contributed by atoms with Crippen LogP contribution in [-0.2, 0) is 14.8 Å². The number of hydrogen-bond acceptors (Lipinski definition) is 3. The van der Waals surface area contributed by atoms with Gasteiger partial charge in [0.1, 0.15) is 6.54 Å². The molecule has 2 aromatic rings. The third-order valence-electron chi connectivity index (χ3n) is 4.28. The Labute approximate surface area is 152 Å². The number of fused-ring (bicyclic) bond motifs is 3. The number of benzene rings is 2. The van der Waals surface area contributed by atoms with Gasteiger partial charge in [0.15, 0.2) is 0 Å². The van der Waals surface area contributed by atoms with Gasteiger partial charge in [-0.25, -0.2) is 8.42 Å². The fourth-order valence-electron chi connectivity index (χ4n) is 2.83. The van der Waals surface area contributed by atoms with Crippen LogP contribution >= 0.6 is 11.6 Å². The van der Waals surface area contributed by atoms with E-state index in [0.717, 1.165) is 10.7 Å². The third kappa shape index (κ3) is 3.24. The SMILES string of the molecule is CC[C@H](C)NC(=O)CN1c2ccc(Cl)cc2-c2ccccc2S1(=O)=O. The van der Waals surface area contributed by atoms with Crippen LogP contribution in [-0.4, -0.2) is 26.9 Å². The number of carbonyl (C=O) groups excluding carboxylic acids is 1. The van der Waals surface area contributed by atoms with Gasteiger partial charge in [-0.3, -0.25) is 9.10 Å². The zero-order chi connectivity index (χ0) is 18.2. The number of hydrogen-bond donors (Lipinski definition) is 1. The van der Waals surface area contributed by atoms with E-state index in [9.17, 15) is 13.2 Å². The van der Waals surface area contributed by atoms with Crippen LogP contribution in [0.5, 0.6) is 0 Å². The van der Waals surface area contributed by atoms with Crippen LogP contribution < -0.4 is 9.62 Å². The molecule has 0 saturated carbocycles. The first-order chi connectivity index (χ1) is 11.8. The molecule has 25 heavy (non-hydrogen) atoms. The number of anilines is 1. The summed E-state index contributed by atoms with van der Waals surface area (Å²) in [5.41, 5.74) is 1.76. The van der Waals surface area contributed by atoms with Crippen molar-refractivity contribution in [2.24, 2.45) is 0 Å². The van der Waals surface area contributed by atoms with Crippen LogP contribution in [0.3, 0.4) is 0 Å². The van der Waals surface area contributed by atoms with Crippen molar-refractivity contribution in [3.63, 3.8) is 0 Å². The number of halogens is 1. The monoisotopic (exact) mass is 378 g/mol. The topological polar surface area (TPSA) is 66.5 Å². The summed E-state index contributed by atoms with van der Waals surface area (Å²) in [7, 11) is -3.82. The highest BCUT2D eigenvalue weighted by atomic mass is 35.5. The predicted octanol–water partition coefficient (Wildman–Crippen LogP) is 3.43. The van der Waals surface area contributed by atoms with Gasteiger partial charge in [0.2, 0.25) is 5.91 Å². The maximum Gasteiger partial charge on any atom is 0.265 e. The van der Waals surface area contributed by atoms with Gasteiger partial charge < -0.3 is 5.32 Å². The fourth-order valence-corrected chi connectivity index (χ4v) is 4.65. The lowest BCUT2D eigenvalue weighted by Gasteiger charge is -2.32. The van der Waals surface area contributed by atoms with E-state index < -0.39 is 10.0 Å². The Bertz CT molecular complexity index is 928. The minimum atomic E-state index is -3.82. The van der Waals surface area contributed by atoms with E-state index in [0.29, 0.717) is 21.8 Å². The summed E-state index contributed by atoms with van der Waals surface area (Å²) in [6.45, 7) is 3.57.